The molecule has 1 atom stereocenters. The van der Waals surface area contributed by atoms with Gasteiger partial charge in [0.1, 0.15) is 0 Å². The number of benzene rings is 2. The third-order valence-electron chi connectivity index (χ3n) is 4.28. The molecule has 1 heterocycles. The van der Waals surface area contributed by atoms with Gasteiger partial charge in [-0.2, -0.15) is 0 Å². The van der Waals surface area contributed by atoms with Crippen LogP contribution in [0, 0.1) is 13.8 Å². The van der Waals surface area contributed by atoms with E-state index in [4.69, 9.17) is 0 Å². The predicted octanol–water partition coefficient (Wildman–Crippen LogP) is 3.79. The van der Waals surface area contributed by atoms with E-state index in [0.717, 1.165) is 31.5 Å². The molecule has 0 aromatic heterocycles. The SMILES string of the molecule is Cc1cc(C)cc(C(O)CCN2CCc3ccccc32)c1. The van der Waals surface area contributed by atoms with Gasteiger partial charge in [-0.3, -0.25) is 0 Å². The van der Waals surface area contributed by atoms with E-state index in [1.165, 1.54) is 22.4 Å². The summed E-state index contributed by atoms with van der Waals surface area (Å²) in [7, 11) is 0. The van der Waals surface area contributed by atoms with E-state index in [-0.39, 0.29) is 6.10 Å². The molecule has 2 heteroatoms. The standard InChI is InChI=1S/C19H23NO/c1-14-11-15(2)13-17(12-14)19(21)8-10-20-9-7-16-5-3-4-6-18(16)20/h3-6,11-13,19,21H,7-10H2,1-2H3. The fourth-order valence-electron chi connectivity index (χ4n) is 3.29. The molecule has 3 rings (SSSR count). The van der Waals surface area contributed by atoms with Crippen LogP contribution in [0.4, 0.5) is 5.69 Å². The van der Waals surface area contributed by atoms with Crippen molar-refractivity contribution in [3.8, 4) is 0 Å². The summed E-state index contributed by atoms with van der Waals surface area (Å²) in [6.45, 7) is 6.14. The van der Waals surface area contributed by atoms with Gasteiger partial charge in [-0.05, 0) is 43.9 Å². The van der Waals surface area contributed by atoms with Crippen molar-refractivity contribution < 1.29 is 5.11 Å². The van der Waals surface area contributed by atoms with E-state index in [1.807, 2.05) is 0 Å². The summed E-state index contributed by atoms with van der Waals surface area (Å²) in [6.07, 6.45) is 1.52. The molecule has 0 saturated heterocycles. The van der Waals surface area contributed by atoms with Crippen molar-refractivity contribution in [3.05, 3.63) is 64.7 Å². The van der Waals surface area contributed by atoms with E-state index in [2.05, 4.69) is 61.2 Å². The Hall–Kier alpha value is -1.80. The fourth-order valence-corrected chi connectivity index (χ4v) is 3.29. The maximum Gasteiger partial charge on any atom is 0.0807 e. The highest BCUT2D eigenvalue weighted by atomic mass is 16.3. The Labute approximate surface area is 127 Å². The average Bonchev–Trinajstić information content (AvgIpc) is 2.87. The van der Waals surface area contributed by atoms with Crippen LogP contribution in [0.3, 0.4) is 0 Å². The largest absolute Gasteiger partial charge is 0.388 e. The zero-order valence-corrected chi connectivity index (χ0v) is 12.8. The Morgan fingerprint density at radius 1 is 1.10 bits per heavy atom. The third-order valence-corrected chi connectivity index (χ3v) is 4.28. The molecule has 0 saturated carbocycles. The Morgan fingerprint density at radius 3 is 2.57 bits per heavy atom. The molecular weight excluding hydrogens is 258 g/mol. The minimum atomic E-state index is -0.378. The number of aliphatic hydroxyl groups excluding tert-OH is 1. The first-order chi connectivity index (χ1) is 10.1. The van der Waals surface area contributed by atoms with Crippen LogP contribution >= 0.6 is 0 Å². The first kappa shape index (κ1) is 14.2. The monoisotopic (exact) mass is 281 g/mol. The van der Waals surface area contributed by atoms with Gasteiger partial charge in [0.25, 0.3) is 0 Å². The van der Waals surface area contributed by atoms with E-state index < -0.39 is 0 Å². The van der Waals surface area contributed by atoms with Crippen molar-refractivity contribution >= 4 is 5.69 Å². The number of aliphatic hydroxyl groups is 1. The molecule has 2 aromatic rings. The number of fused-ring (bicyclic) bond motifs is 1. The van der Waals surface area contributed by atoms with Gasteiger partial charge in [0, 0.05) is 18.8 Å². The molecule has 1 aliphatic rings. The van der Waals surface area contributed by atoms with E-state index in [9.17, 15) is 5.11 Å². The zero-order valence-electron chi connectivity index (χ0n) is 12.8. The van der Waals surface area contributed by atoms with Gasteiger partial charge in [0.2, 0.25) is 0 Å². The highest BCUT2D eigenvalue weighted by Crippen LogP contribution is 2.29. The number of rotatable bonds is 4. The first-order valence-electron chi connectivity index (χ1n) is 7.72. The summed E-state index contributed by atoms with van der Waals surface area (Å²) in [5, 5.41) is 10.5. The van der Waals surface area contributed by atoms with Crippen molar-refractivity contribution in [2.75, 3.05) is 18.0 Å². The lowest BCUT2D eigenvalue weighted by molar-refractivity contribution is 0.169. The molecule has 21 heavy (non-hydrogen) atoms. The Morgan fingerprint density at radius 2 is 1.81 bits per heavy atom. The second-order valence-electron chi connectivity index (χ2n) is 6.09. The average molecular weight is 281 g/mol. The van der Waals surface area contributed by atoms with Crippen LogP contribution in [0.1, 0.15) is 34.8 Å². The van der Waals surface area contributed by atoms with Crippen molar-refractivity contribution in [1.29, 1.82) is 0 Å². The number of hydrogen-bond acceptors (Lipinski definition) is 2. The molecule has 0 bridgehead atoms. The lowest BCUT2D eigenvalue weighted by Gasteiger charge is -2.21. The molecule has 0 amide bonds. The Bertz CT molecular complexity index is 615. The van der Waals surface area contributed by atoms with Crippen molar-refractivity contribution in [2.24, 2.45) is 0 Å². The summed E-state index contributed by atoms with van der Waals surface area (Å²) < 4.78 is 0. The highest BCUT2D eigenvalue weighted by molar-refractivity contribution is 5.57. The zero-order chi connectivity index (χ0) is 14.8. The summed E-state index contributed by atoms with van der Waals surface area (Å²) in [4.78, 5) is 2.39. The van der Waals surface area contributed by atoms with Crippen molar-refractivity contribution in [3.63, 3.8) is 0 Å². The Kier molecular flexibility index (Phi) is 3.98. The van der Waals surface area contributed by atoms with Gasteiger partial charge >= 0.3 is 0 Å². The molecule has 0 radical (unpaired) electrons. The van der Waals surface area contributed by atoms with Gasteiger partial charge < -0.3 is 10.0 Å². The number of nitrogens with zero attached hydrogens (tertiary/aromatic N) is 1. The van der Waals surface area contributed by atoms with Crippen LogP contribution in [-0.2, 0) is 6.42 Å². The normalized spacial score (nSPS) is 15.1. The van der Waals surface area contributed by atoms with Crippen LogP contribution in [0.25, 0.3) is 0 Å². The topological polar surface area (TPSA) is 23.5 Å². The van der Waals surface area contributed by atoms with E-state index in [1.54, 1.807) is 0 Å². The quantitative estimate of drug-likeness (QED) is 0.921. The molecule has 2 nitrogen and oxygen atoms in total. The van der Waals surface area contributed by atoms with Gasteiger partial charge in [-0.15, -0.1) is 0 Å². The van der Waals surface area contributed by atoms with Crippen molar-refractivity contribution in [1.82, 2.24) is 0 Å². The predicted molar refractivity (Wildman–Crippen MR) is 87.9 cm³/mol. The van der Waals surface area contributed by atoms with Gasteiger partial charge in [0.05, 0.1) is 6.10 Å². The van der Waals surface area contributed by atoms with Crippen molar-refractivity contribution in [2.45, 2.75) is 32.8 Å². The number of hydrogen-bond donors (Lipinski definition) is 1. The highest BCUT2D eigenvalue weighted by Gasteiger charge is 2.19. The maximum absolute atomic E-state index is 10.5. The Balaban J connectivity index is 1.65. The van der Waals surface area contributed by atoms with E-state index in [0.29, 0.717) is 0 Å². The van der Waals surface area contributed by atoms with Gasteiger partial charge in [-0.25, -0.2) is 0 Å². The lowest BCUT2D eigenvalue weighted by atomic mass is 10.0. The number of aryl methyl sites for hydroxylation is 2. The maximum atomic E-state index is 10.5. The van der Waals surface area contributed by atoms with Gasteiger partial charge in [-0.1, -0.05) is 47.5 Å². The van der Waals surface area contributed by atoms with E-state index >= 15 is 0 Å². The molecule has 1 unspecified atom stereocenters. The number of anilines is 1. The second kappa shape index (κ2) is 5.90. The minimum absolute atomic E-state index is 0.378. The summed E-state index contributed by atoms with van der Waals surface area (Å²) in [5.41, 5.74) is 6.25. The van der Waals surface area contributed by atoms with Crippen LogP contribution < -0.4 is 4.90 Å². The third kappa shape index (κ3) is 3.11. The summed E-state index contributed by atoms with van der Waals surface area (Å²) in [6, 6.07) is 14.9. The van der Waals surface area contributed by atoms with Crippen LogP contribution in [0.15, 0.2) is 42.5 Å². The molecule has 1 aliphatic heterocycles. The smallest absolute Gasteiger partial charge is 0.0807 e. The fraction of sp³-hybridized carbons (Fsp3) is 0.368. The second-order valence-corrected chi connectivity index (χ2v) is 6.09. The molecule has 0 spiro atoms. The lowest BCUT2D eigenvalue weighted by Crippen LogP contribution is -2.23. The minimum Gasteiger partial charge on any atom is -0.388 e. The van der Waals surface area contributed by atoms with Crippen LogP contribution in [0.2, 0.25) is 0 Å². The summed E-state index contributed by atoms with van der Waals surface area (Å²) in [5.74, 6) is 0. The first-order valence-corrected chi connectivity index (χ1v) is 7.72. The molecule has 2 aromatic carbocycles. The van der Waals surface area contributed by atoms with Gasteiger partial charge in [0.15, 0.2) is 0 Å². The number of para-hydroxylation sites is 1. The molecular formula is C19H23NO. The molecule has 0 fully saturated rings. The molecule has 1 N–H and O–H groups in total. The van der Waals surface area contributed by atoms with Crippen LogP contribution in [0.5, 0.6) is 0 Å². The summed E-state index contributed by atoms with van der Waals surface area (Å²) >= 11 is 0. The molecule has 110 valence electrons. The van der Waals surface area contributed by atoms with Crippen LogP contribution in [-0.4, -0.2) is 18.2 Å². The molecule has 0 aliphatic carbocycles.